The fraction of sp³-hybridized carbons (Fsp3) is 0.467. The van der Waals surface area contributed by atoms with Crippen LogP contribution >= 0.6 is 0 Å². The zero-order chi connectivity index (χ0) is 13.4. The van der Waals surface area contributed by atoms with E-state index in [0.717, 1.165) is 24.1 Å². The molecule has 1 rings (SSSR count). The van der Waals surface area contributed by atoms with Gasteiger partial charge in [-0.15, -0.1) is 0 Å². The lowest BCUT2D eigenvalue weighted by molar-refractivity contribution is 0.335. The molecular weight excluding hydrogens is 229 g/mol. The Morgan fingerprint density at radius 2 is 2.17 bits per heavy atom. The summed E-state index contributed by atoms with van der Waals surface area (Å²) in [5.74, 6) is 0.0616. The van der Waals surface area contributed by atoms with Crippen molar-refractivity contribution in [1.29, 1.82) is 0 Å². The molecule has 0 bridgehead atoms. The third kappa shape index (κ3) is 4.88. The summed E-state index contributed by atoms with van der Waals surface area (Å²) in [5.41, 5.74) is 2.03. The number of hydrogen-bond acceptors (Lipinski definition) is 2. The molecule has 3 heteroatoms. The topological polar surface area (TPSA) is 21.3 Å². The lowest BCUT2D eigenvalue weighted by Gasteiger charge is -2.12. The fourth-order valence-corrected chi connectivity index (χ4v) is 1.55. The minimum absolute atomic E-state index is 0.298. The monoisotopic (exact) mass is 251 g/mol. The van der Waals surface area contributed by atoms with E-state index >= 15 is 0 Å². The number of ether oxygens (including phenoxy) is 1. The van der Waals surface area contributed by atoms with Crippen molar-refractivity contribution < 1.29 is 9.13 Å². The largest absolute Gasteiger partial charge is 0.486 e. The van der Waals surface area contributed by atoms with Crippen molar-refractivity contribution in [1.82, 2.24) is 5.32 Å². The van der Waals surface area contributed by atoms with Crippen LogP contribution in [-0.4, -0.2) is 13.2 Å². The lowest BCUT2D eigenvalue weighted by Crippen LogP contribution is -2.15. The summed E-state index contributed by atoms with van der Waals surface area (Å²) in [4.78, 5) is 0. The molecule has 0 spiro atoms. The van der Waals surface area contributed by atoms with Gasteiger partial charge in [0.1, 0.15) is 6.61 Å². The first-order chi connectivity index (χ1) is 8.65. The third-order valence-corrected chi connectivity index (χ3v) is 2.51. The van der Waals surface area contributed by atoms with Gasteiger partial charge in [-0.05, 0) is 39.0 Å². The van der Waals surface area contributed by atoms with Crippen LogP contribution in [0, 0.1) is 5.82 Å². The van der Waals surface area contributed by atoms with Gasteiger partial charge >= 0.3 is 0 Å². The molecule has 1 aromatic rings. The highest BCUT2D eigenvalue weighted by Gasteiger charge is 2.08. The molecule has 0 unspecified atom stereocenters. The maximum absolute atomic E-state index is 13.7. The maximum Gasteiger partial charge on any atom is 0.165 e. The Morgan fingerprint density at radius 3 is 2.83 bits per heavy atom. The van der Waals surface area contributed by atoms with E-state index in [2.05, 4.69) is 12.2 Å². The first-order valence-electron chi connectivity index (χ1n) is 6.39. The third-order valence-electron chi connectivity index (χ3n) is 2.51. The predicted octanol–water partition coefficient (Wildman–Crippen LogP) is 3.67. The van der Waals surface area contributed by atoms with Gasteiger partial charge in [0.05, 0.1) is 0 Å². The minimum atomic E-state index is -0.298. The van der Waals surface area contributed by atoms with Crippen LogP contribution in [0.15, 0.2) is 29.8 Å². The second kappa shape index (κ2) is 7.88. The standard InChI is InChI=1S/C15H22FNO/c1-4-9-17-11-13-6-5-7-14(16)15(13)18-10-8-12(2)3/h5-8,17H,4,9-11H2,1-3H3. The molecule has 100 valence electrons. The van der Waals surface area contributed by atoms with Crippen LogP contribution in [-0.2, 0) is 6.54 Å². The van der Waals surface area contributed by atoms with Gasteiger partial charge in [0.25, 0.3) is 0 Å². The van der Waals surface area contributed by atoms with E-state index in [0.29, 0.717) is 18.9 Å². The van der Waals surface area contributed by atoms with Crippen LogP contribution in [0.25, 0.3) is 0 Å². The molecule has 2 nitrogen and oxygen atoms in total. The van der Waals surface area contributed by atoms with E-state index < -0.39 is 0 Å². The van der Waals surface area contributed by atoms with E-state index in [1.54, 1.807) is 6.07 Å². The molecule has 0 aliphatic heterocycles. The van der Waals surface area contributed by atoms with E-state index in [1.165, 1.54) is 6.07 Å². The maximum atomic E-state index is 13.7. The van der Waals surface area contributed by atoms with Crippen molar-refractivity contribution in [2.75, 3.05) is 13.2 Å². The number of para-hydroxylation sites is 1. The summed E-state index contributed by atoms with van der Waals surface area (Å²) in [6, 6.07) is 5.04. The summed E-state index contributed by atoms with van der Waals surface area (Å²) in [7, 11) is 0. The molecule has 0 aliphatic rings. The van der Waals surface area contributed by atoms with Crippen molar-refractivity contribution in [3.8, 4) is 5.75 Å². The van der Waals surface area contributed by atoms with Crippen LogP contribution in [0.3, 0.4) is 0 Å². The van der Waals surface area contributed by atoms with E-state index in [9.17, 15) is 4.39 Å². The van der Waals surface area contributed by atoms with Crippen LogP contribution < -0.4 is 10.1 Å². The van der Waals surface area contributed by atoms with Crippen molar-refractivity contribution in [3.63, 3.8) is 0 Å². The molecule has 0 fully saturated rings. The van der Waals surface area contributed by atoms with E-state index in [1.807, 2.05) is 26.0 Å². The van der Waals surface area contributed by atoms with Gasteiger partial charge in [-0.3, -0.25) is 0 Å². The minimum Gasteiger partial charge on any atom is -0.486 e. The van der Waals surface area contributed by atoms with Crippen molar-refractivity contribution in [2.45, 2.75) is 33.7 Å². The summed E-state index contributed by atoms with van der Waals surface area (Å²) < 4.78 is 19.2. The number of halogens is 1. The predicted molar refractivity (Wildman–Crippen MR) is 73.3 cm³/mol. The molecule has 1 N–H and O–H groups in total. The molecular formula is C15H22FNO. The molecule has 1 aromatic carbocycles. The Bertz CT molecular complexity index is 397. The summed E-state index contributed by atoms with van der Waals surface area (Å²) in [6.07, 6.45) is 3.00. The fourth-order valence-electron chi connectivity index (χ4n) is 1.55. The molecule has 0 heterocycles. The molecule has 0 saturated carbocycles. The SMILES string of the molecule is CCCNCc1cccc(F)c1OCC=C(C)C. The molecule has 18 heavy (non-hydrogen) atoms. The zero-order valence-electron chi connectivity index (χ0n) is 11.4. The van der Waals surface area contributed by atoms with Crippen LogP contribution in [0.4, 0.5) is 4.39 Å². The summed E-state index contributed by atoms with van der Waals surface area (Å²) >= 11 is 0. The smallest absolute Gasteiger partial charge is 0.165 e. The molecule has 0 radical (unpaired) electrons. The Labute approximate surface area is 109 Å². The van der Waals surface area contributed by atoms with Crippen molar-refractivity contribution in [2.24, 2.45) is 0 Å². The van der Waals surface area contributed by atoms with Crippen molar-refractivity contribution in [3.05, 3.63) is 41.2 Å². The molecule has 0 amide bonds. The highest BCUT2D eigenvalue weighted by Crippen LogP contribution is 2.22. The van der Waals surface area contributed by atoms with Gasteiger partial charge in [0, 0.05) is 12.1 Å². The molecule has 0 aromatic heterocycles. The van der Waals surface area contributed by atoms with E-state index in [4.69, 9.17) is 4.74 Å². The highest BCUT2D eigenvalue weighted by molar-refractivity contribution is 5.35. The van der Waals surface area contributed by atoms with Crippen LogP contribution in [0.2, 0.25) is 0 Å². The summed E-state index contributed by atoms with van der Waals surface area (Å²) in [6.45, 7) is 8.05. The number of rotatable bonds is 7. The number of benzene rings is 1. The first kappa shape index (κ1) is 14.7. The van der Waals surface area contributed by atoms with Gasteiger partial charge in [0.15, 0.2) is 11.6 Å². The van der Waals surface area contributed by atoms with Gasteiger partial charge in [0.2, 0.25) is 0 Å². The van der Waals surface area contributed by atoms with Gasteiger partial charge in [-0.1, -0.05) is 24.6 Å². The zero-order valence-corrected chi connectivity index (χ0v) is 11.4. The Morgan fingerprint density at radius 1 is 1.39 bits per heavy atom. The second-order valence-electron chi connectivity index (χ2n) is 4.50. The van der Waals surface area contributed by atoms with Crippen molar-refractivity contribution >= 4 is 0 Å². The Kier molecular flexibility index (Phi) is 6.44. The quantitative estimate of drug-likeness (QED) is 0.589. The average molecular weight is 251 g/mol. The van der Waals surface area contributed by atoms with Gasteiger partial charge in [-0.25, -0.2) is 4.39 Å². The van der Waals surface area contributed by atoms with Gasteiger partial charge in [-0.2, -0.15) is 0 Å². The summed E-state index contributed by atoms with van der Waals surface area (Å²) in [5, 5.41) is 3.26. The second-order valence-corrected chi connectivity index (χ2v) is 4.50. The molecule has 0 aliphatic carbocycles. The molecule has 0 atom stereocenters. The average Bonchev–Trinajstić information content (AvgIpc) is 2.32. The first-order valence-corrected chi connectivity index (χ1v) is 6.39. The lowest BCUT2D eigenvalue weighted by atomic mass is 10.2. The Balaban J connectivity index is 2.70. The number of allylic oxidation sites excluding steroid dienone is 1. The Hall–Kier alpha value is -1.35. The number of hydrogen-bond donors (Lipinski definition) is 1. The van der Waals surface area contributed by atoms with Crippen LogP contribution in [0.5, 0.6) is 5.75 Å². The molecule has 0 saturated heterocycles. The number of nitrogens with one attached hydrogen (secondary N) is 1. The van der Waals surface area contributed by atoms with Crippen LogP contribution in [0.1, 0.15) is 32.8 Å². The van der Waals surface area contributed by atoms with Gasteiger partial charge < -0.3 is 10.1 Å². The highest BCUT2D eigenvalue weighted by atomic mass is 19.1. The normalized spacial score (nSPS) is 10.2. The van der Waals surface area contributed by atoms with E-state index in [-0.39, 0.29) is 5.82 Å².